The van der Waals surface area contributed by atoms with E-state index in [0.717, 1.165) is 6.42 Å². The molecule has 1 unspecified atom stereocenters. The van der Waals surface area contributed by atoms with Crippen LogP contribution >= 0.6 is 0 Å². The summed E-state index contributed by atoms with van der Waals surface area (Å²) in [6.45, 7) is 0.989. The molecule has 0 aromatic heterocycles. The van der Waals surface area contributed by atoms with Crippen LogP contribution in [-0.4, -0.2) is 38.1 Å². The summed E-state index contributed by atoms with van der Waals surface area (Å²) in [5, 5.41) is 2.69. The standard InChI is InChI=1S/C10H21N3O3/c1-16-7-5-8(11)10(15)13-6-3-2-4-9(12)14/h8H,2-7,11H2,1H3,(H2,12,14)(H,13,15). The summed E-state index contributed by atoms with van der Waals surface area (Å²) in [5.41, 5.74) is 10.6. The molecule has 0 rings (SSSR count). The van der Waals surface area contributed by atoms with Gasteiger partial charge < -0.3 is 21.5 Å². The lowest BCUT2D eigenvalue weighted by Crippen LogP contribution is -2.41. The molecule has 0 bridgehead atoms. The first-order valence-corrected chi connectivity index (χ1v) is 5.38. The molecule has 0 spiro atoms. The molecule has 16 heavy (non-hydrogen) atoms. The Balaban J connectivity index is 3.45. The smallest absolute Gasteiger partial charge is 0.237 e. The fraction of sp³-hybridized carbons (Fsp3) is 0.800. The van der Waals surface area contributed by atoms with Gasteiger partial charge in [0, 0.05) is 26.7 Å². The number of rotatable bonds is 9. The number of nitrogens with one attached hydrogen (secondary N) is 1. The molecule has 0 aromatic carbocycles. The quantitative estimate of drug-likeness (QED) is 0.448. The average Bonchev–Trinajstić information content (AvgIpc) is 2.24. The molecule has 0 fully saturated rings. The number of hydrogen-bond acceptors (Lipinski definition) is 4. The number of ether oxygens (including phenoxy) is 1. The summed E-state index contributed by atoms with van der Waals surface area (Å²) >= 11 is 0. The molecule has 0 saturated heterocycles. The number of methoxy groups -OCH3 is 1. The molecule has 1 atom stereocenters. The normalized spacial score (nSPS) is 12.1. The van der Waals surface area contributed by atoms with Gasteiger partial charge in [0.15, 0.2) is 0 Å². The third-order valence-electron chi connectivity index (χ3n) is 2.12. The molecule has 0 saturated carbocycles. The number of amides is 2. The van der Waals surface area contributed by atoms with E-state index in [2.05, 4.69) is 5.32 Å². The summed E-state index contributed by atoms with van der Waals surface area (Å²) in [5.74, 6) is -0.501. The Morgan fingerprint density at radius 1 is 1.38 bits per heavy atom. The number of carbonyl (C=O) groups is 2. The summed E-state index contributed by atoms with van der Waals surface area (Å²) in [6.07, 6.45) is 2.27. The predicted molar refractivity (Wildman–Crippen MR) is 60.5 cm³/mol. The monoisotopic (exact) mass is 231 g/mol. The molecule has 6 heteroatoms. The molecule has 5 N–H and O–H groups in total. The van der Waals surface area contributed by atoms with Crippen molar-refractivity contribution in [3.05, 3.63) is 0 Å². The molecule has 94 valence electrons. The Bertz CT molecular complexity index is 221. The highest BCUT2D eigenvalue weighted by Gasteiger charge is 2.11. The third kappa shape index (κ3) is 8.19. The predicted octanol–water partition coefficient (Wildman–Crippen LogP) is -0.878. The minimum atomic E-state index is -0.531. The maximum absolute atomic E-state index is 11.4. The lowest BCUT2D eigenvalue weighted by Gasteiger charge is -2.11. The zero-order chi connectivity index (χ0) is 12.4. The van der Waals surface area contributed by atoms with Crippen LogP contribution in [-0.2, 0) is 14.3 Å². The van der Waals surface area contributed by atoms with E-state index in [1.54, 1.807) is 7.11 Å². The van der Waals surface area contributed by atoms with Crippen molar-refractivity contribution in [2.45, 2.75) is 31.7 Å². The number of nitrogens with two attached hydrogens (primary N) is 2. The van der Waals surface area contributed by atoms with E-state index >= 15 is 0 Å². The highest BCUT2D eigenvalue weighted by Crippen LogP contribution is 1.93. The first-order valence-electron chi connectivity index (χ1n) is 5.38. The van der Waals surface area contributed by atoms with Gasteiger partial charge in [-0.2, -0.15) is 0 Å². The Morgan fingerprint density at radius 3 is 2.62 bits per heavy atom. The lowest BCUT2D eigenvalue weighted by atomic mass is 10.2. The van der Waals surface area contributed by atoms with Gasteiger partial charge in [-0.15, -0.1) is 0 Å². The molecule has 0 aliphatic carbocycles. The van der Waals surface area contributed by atoms with Crippen molar-refractivity contribution < 1.29 is 14.3 Å². The van der Waals surface area contributed by atoms with Gasteiger partial charge in [0.25, 0.3) is 0 Å². The highest BCUT2D eigenvalue weighted by molar-refractivity contribution is 5.81. The van der Waals surface area contributed by atoms with Crippen LogP contribution in [0.5, 0.6) is 0 Å². The Labute approximate surface area is 95.7 Å². The van der Waals surface area contributed by atoms with Gasteiger partial charge in [-0.05, 0) is 19.3 Å². The van der Waals surface area contributed by atoms with Crippen molar-refractivity contribution in [2.24, 2.45) is 11.5 Å². The number of primary amides is 1. The van der Waals surface area contributed by atoms with Crippen molar-refractivity contribution >= 4 is 11.8 Å². The first kappa shape index (κ1) is 14.9. The molecule has 0 aromatic rings. The van der Waals surface area contributed by atoms with Gasteiger partial charge in [0.1, 0.15) is 0 Å². The van der Waals surface area contributed by atoms with Crippen LogP contribution in [0.4, 0.5) is 0 Å². The molecule has 0 aliphatic rings. The average molecular weight is 231 g/mol. The van der Waals surface area contributed by atoms with Crippen LogP contribution in [0, 0.1) is 0 Å². The van der Waals surface area contributed by atoms with Gasteiger partial charge in [-0.25, -0.2) is 0 Å². The molecule has 0 radical (unpaired) electrons. The van der Waals surface area contributed by atoms with Crippen LogP contribution in [0.1, 0.15) is 25.7 Å². The minimum Gasteiger partial charge on any atom is -0.385 e. The fourth-order valence-corrected chi connectivity index (χ4v) is 1.14. The third-order valence-corrected chi connectivity index (χ3v) is 2.12. The minimum absolute atomic E-state index is 0.184. The highest BCUT2D eigenvalue weighted by atomic mass is 16.5. The van der Waals surface area contributed by atoms with E-state index in [9.17, 15) is 9.59 Å². The topological polar surface area (TPSA) is 107 Å². The van der Waals surface area contributed by atoms with E-state index in [1.165, 1.54) is 0 Å². The zero-order valence-corrected chi connectivity index (χ0v) is 9.70. The summed E-state index contributed by atoms with van der Waals surface area (Å²) in [4.78, 5) is 21.8. The van der Waals surface area contributed by atoms with Gasteiger partial charge in [-0.3, -0.25) is 9.59 Å². The van der Waals surface area contributed by atoms with Crippen LogP contribution in [0.25, 0.3) is 0 Å². The summed E-state index contributed by atoms with van der Waals surface area (Å²) in [6, 6.07) is -0.531. The second-order valence-corrected chi connectivity index (χ2v) is 3.60. The van der Waals surface area contributed by atoms with Crippen molar-refractivity contribution in [3.63, 3.8) is 0 Å². The van der Waals surface area contributed by atoms with Crippen molar-refractivity contribution in [1.29, 1.82) is 0 Å². The van der Waals surface area contributed by atoms with E-state index in [4.69, 9.17) is 16.2 Å². The van der Waals surface area contributed by atoms with Crippen LogP contribution in [0.15, 0.2) is 0 Å². The van der Waals surface area contributed by atoms with Crippen LogP contribution in [0.3, 0.4) is 0 Å². The van der Waals surface area contributed by atoms with Gasteiger partial charge in [0.2, 0.25) is 11.8 Å². The molecule has 2 amide bonds. The van der Waals surface area contributed by atoms with E-state index in [0.29, 0.717) is 32.4 Å². The van der Waals surface area contributed by atoms with E-state index in [1.807, 2.05) is 0 Å². The first-order chi connectivity index (χ1) is 7.57. The summed E-state index contributed by atoms with van der Waals surface area (Å²) < 4.78 is 4.82. The number of hydrogen-bond donors (Lipinski definition) is 3. The SMILES string of the molecule is COCCC(N)C(=O)NCCCCC(N)=O. The molecule has 0 heterocycles. The summed E-state index contributed by atoms with van der Waals surface area (Å²) in [7, 11) is 1.56. The molecular weight excluding hydrogens is 210 g/mol. The molecule has 6 nitrogen and oxygen atoms in total. The van der Waals surface area contributed by atoms with Gasteiger partial charge in [0.05, 0.1) is 6.04 Å². The largest absolute Gasteiger partial charge is 0.385 e. The fourth-order valence-electron chi connectivity index (χ4n) is 1.14. The Kier molecular flexibility index (Phi) is 8.46. The Morgan fingerprint density at radius 2 is 2.06 bits per heavy atom. The van der Waals surface area contributed by atoms with Crippen molar-refractivity contribution in [3.8, 4) is 0 Å². The van der Waals surface area contributed by atoms with E-state index < -0.39 is 6.04 Å². The second-order valence-electron chi connectivity index (χ2n) is 3.60. The number of carbonyl (C=O) groups excluding carboxylic acids is 2. The second kappa shape index (κ2) is 9.11. The maximum atomic E-state index is 11.4. The van der Waals surface area contributed by atoms with E-state index in [-0.39, 0.29) is 11.8 Å². The van der Waals surface area contributed by atoms with Crippen molar-refractivity contribution in [1.82, 2.24) is 5.32 Å². The Hall–Kier alpha value is -1.14. The molecular formula is C10H21N3O3. The van der Waals surface area contributed by atoms with Crippen molar-refractivity contribution in [2.75, 3.05) is 20.3 Å². The lowest BCUT2D eigenvalue weighted by molar-refractivity contribution is -0.122. The van der Waals surface area contributed by atoms with Crippen LogP contribution in [0.2, 0.25) is 0 Å². The van der Waals surface area contributed by atoms with Gasteiger partial charge in [-0.1, -0.05) is 0 Å². The number of unbranched alkanes of at least 4 members (excludes halogenated alkanes) is 1. The van der Waals surface area contributed by atoms with Gasteiger partial charge >= 0.3 is 0 Å². The molecule has 0 aliphatic heterocycles. The zero-order valence-electron chi connectivity index (χ0n) is 9.70. The van der Waals surface area contributed by atoms with Crippen LogP contribution < -0.4 is 16.8 Å². The maximum Gasteiger partial charge on any atom is 0.237 e.